The van der Waals surface area contributed by atoms with Crippen molar-refractivity contribution in [3.8, 4) is 0 Å². The average molecular weight is 407 g/mol. The molecule has 0 fully saturated rings. The van der Waals surface area contributed by atoms with Crippen molar-refractivity contribution in [1.82, 2.24) is 9.88 Å². The topological polar surface area (TPSA) is 34.0 Å². The van der Waals surface area contributed by atoms with E-state index in [0.717, 1.165) is 27.7 Å². The van der Waals surface area contributed by atoms with E-state index in [1.165, 1.54) is 6.07 Å². The molecule has 0 radical (unpaired) electrons. The zero-order valence-electron chi connectivity index (χ0n) is 16.0. The number of fused-ring (bicyclic) bond motifs is 1. The number of halogens is 2. The van der Waals surface area contributed by atoms with Gasteiger partial charge in [-0.05, 0) is 54.4 Å². The van der Waals surface area contributed by atoms with Crippen LogP contribution in [-0.2, 0) is 13.1 Å². The maximum absolute atomic E-state index is 13.8. The molecule has 4 rings (SSSR count). The Labute approximate surface area is 173 Å². The number of benzene rings is 3. The molecule has 0 saturated carbocycles. The molecule has 0 saturated heterocycles. The molecular weight excluding hydrogens is 387 g/mol. The summed E-state index contributed by atoms with van der Waals surface area (Å²) in [5, 5.41) is 4.05. The van der Waals surface area contributed by atoms with Crippen molar-refractivity contribution in [3.05, 3.63) is 106 Å². The predicted octanol–water partition coefficient (Wildman–Crippen LogP) is 5.72. The predicted molar refractivity (Wildman–Crippen MR) is 115 cm³/mol. The normalized spacial score (nSPS) is 11.0. The molecule has 1 amide bonds. The Morgan fingerprint density at radius 1 is 1.00 bits per heavy atom. The molecule has 0 spiro atoms. The van der Waals surface area contributed by atoms with Crippen LogP contribution in [-0.4, -0.2) is 10.5 Å². The third kappa shape index (κ3) is 4.17. The van der Waals surface area contributed by atoms with E-state index in [0.29, 0.717) is 18.7 Å². The molecule has 146 valence electrons. The summed E-state index contributed by atoms with van der Waals surface area (Å²) in [6.07, 6.45) is 0. The van der Waals surface area contributed by atoms with Gasteiger partial charge in [-0.25, -0.2) is 4.39 Å². The second kappa shape index (κ2) is 8.10. The molecule has 3 aromatic carbocycles. The molecule has 0 unspecified atom stereocenters. The molecule has 29 heavy (non-hydrogen) atoms. The molecule has 0 aliphatic heterocycles. The molecule has 3 nitrogen and oxygen atoms in total. The lowest BCUT2D eigenvalue weighted by Crippen LogP contribution is -2.22. The minimum atomic E-state index is -0.421. The maximum atomic E-state index is 13.8. The van der Waals surface area contributed by atoms with Gasteiger partial charge in [-0.15, -0.1) is 0 Å². The van der Waals surface area contributed by atoms with Gasteiger partial charge in [-0.3, -0.25) is 4.79 Å². The lowest BCUT2D eigenvalue weighted by Gasteiger charge is -2.10. The molecule has 0 aliphatic rings. The van der Waals surface area contributed by atoms with E-state index in [1.807, 2.05) is 67.6 Å². The van der Waals surface area contributed by atoms with E-state index in [9.17, 15) is 9.18 Å². The number of rotatable bonds is 5. The van der Waals surface area contributed by atoms with Crippen LogP contribution in [0.2, 0.25) is 5.02 Å². The molecule has 5 heteroatoms. The van der Waals surface area contributed by atoms with Crippen molar-refractivity contribution in [3.63, 3.8) is 0 Å². The molecule has 0 atom stereocenters. The van der Waals surface area contributed by atoms with E-state index < -0.39 is 5.82 Å². The third-order valence-electron chi connectivity index (χ3n) is 4.99. The van der Waals surface area contributed by atoms with Crippen LogP contribution in [0.15, 0.2) is 72.8 Å². The Hall–Kier alpha value is -3.11. The van der Waals surface area contributed by atoms with Crippen LogP contribution in [0.25, 0.3) is 10.9 Å². The number of hydrogen-bond acceptors (Lipinski definition) is 1. The van der Waals surface area contributed by atoms with Crippen molar-refractivity contribution in [2.45, 2.75) is 20.0 Å². The number of aromatic nitrogens is 1. The summed E-state index contributed by atoms with van der Waals surface area (Å²) in [5.41, 5.74) is 4.54. The molecule has 1 N–H and O–H groups in total. The van der Waals surface area contributed by atoms with Crippen LogP contribution in [0.5, 0.6) is 0 Å². The highest BCUT2D eigenvalue weighted by atomic mass is 35.5. The quantitative estimate of drug-likeness (QED) is 0.452. The Kier molecular flexibility index (Phi) is 5.36. The zero-order chi connectivity index (χ0) is 20.4. The van der Waals surface area contributed by atoms with E-state index in [4.69, 9.17) is 11.6 Å². The van der Waals surface area contributed by atoms with Crippen molar-refractivity contribution in [2.75, 3.05) is 0 Å². The van der Waals surface area contributed by atoms with Crippen molar-refractivity contribution in [2.24, 2.45) is 0 Å². The first-order valence-electron chi connectivity index (χ1n) is 9.37. The maximum Gasteiger partial charge on any atom is 0.251 e. The van der Waals surface area contributed by atoms with Crippen LogP contribution >= 0.6 is 11.6 Å². The average Bonchev–Trinajstić information content (AvgIpc) is 3.04. The third-order valence-corrected chi connectivity index (χ3v) is 5.30. The summed E-state index contributed by atoms with van der Waals surface area (Å²) in [5.74, 6) is -0.531. The summed E-state index contributed by atoms with van der Waals surface area (Å²) in [6.45, 7) is 3.02. The molecule has 0 aliphatic carbocycles. The van der Waals surface area contributed by atoms with Gasteiger partial charge < -0.3 is 9.88 Å². The molecular formula is C24H20ClFN2O. The number of carbonyl (C=O) groups is 1. The van der Waals surface area contributed by atoms with Crippen LogP contribution < -0.4 is 5.32 Å². The van der Waals surface area contributed by atoms with Gasteiger partial charge in [0.15, 0.2) is 0 Å². The number of nitrogens with one attached hydrogen (secondary N) is 1. The number of nitrogens with zero attached hydrogens (tertiary/aromatic N) is 1. The van der Waals surface area contributed by atoms with Crippen LogP contribution in [0.3, 0.4) is 0 Å². The lowest BCUT2D eigenvalue weighted by molar-refractivity contribution is 0.0951. The van der Waals surface area contributed by atoms with E-state index in [-0.39, 0.29) is 10.9 Å². The summed E-state index contributed by atoms with van der Waals surface area (Å²) in [4.78, 5) is 12.5. The largest absolute Gasteiger partial charge is 0.348 e. The van der Waals surface area contributed by atoms with Gasteiger partial charge in [0, 0.05) is 35.2 Å². The van der Waals surface area contributed by atoms with Gasteiger partial charge >= 0.3 is 0 Å². The summed E-state index contributed by atoms with van der Waals surface area (Å²) in [7, 11) is 0. The molecule has 0 bridgehead atoms. The highest BCUT2D eigenvalue weighted by Crippen LogP contribution is 2.24. The first-order chi connectivity index (χ1) is 14.0. The fraction of sp³-hybridized carbons (Fsp3) is 0.125. The van der Waals surface area contributed by atoms with Gasteiger partial charge in [-0.1, -0.05) is 48.0 Å². The SMILES string of the molecule is Cc1cc2cc(C(=O)NCc3ccccc3)ccc2n1Cc1ccc(Cl)c(F)c1. The number of amides is 1. The van der Waals surface area contributed by atoms with Crippen molar-refractivity contribution < 1.29 is 9.18 Å². The zero-order valence-corrected chi connectivity index (χ0v) is 16.7. The van der Waals surface area contributed by atoms with Crippen LogP contribution in [0.4, 0.5) is 4.39 Å². The van der Waals surface area contributed by atoms with Gasteiger partial charge in [0.05, 0.1) is 5.02 Å². The smallest absolute Gasteiger partial charge is 0.251 e. The molecule has 4 aromatic rings. The highest BCUT2D eigenvalue weighted by molar-refractivity contribution is 6.30. The standard InChI is InChI=1S/C24H20ClFN2O/c1-16-11-20-13-19(24(29)27-14-17-5-3-2-4-6-17)8-10-23(20)28(16)15-18-7-9-21(25)22(26)12-18/h2-13H,14-15H2,1H3,(H,27,29). The first kappa shape index (κ1) is 19.2. The Bertz CT molecular complexity index is 1180. The Morgan fingerprint density at radius 3 is 2.55 bits per heavy atom. The van der Waals surface area contributed by atoms with Crippen LogP contribution in [0.1, 0.15) is 27.2 Å². The fourth-order valence-corrected chi connectivity index (χ4v) is 3.58. The second-order valence-corrected chi connectivity index (χ2v) is 7.47. The Balaban J connectivity index is 1.55. The van der Waals surface area contributed by atoms with E-state index in [2.05, 4.69) is 9.88 Å². The first-order valence-corrected chi connectivity index (χ1v) is 9.75. The van der Waals surface area contributed by atoms with Crippen molar-refractivity contribution >= 4 is 28.4 Å². The second-order valence-electron chi connectivity index (χ2n) is 7.06. The lowest BCUT2D eigenvalue weighted by atomic mass is 10.1. The van der Waals surface area contributed by atoms with Gasteiger partial charge in [-0.2, -0.15) is 0 Å². The summed E-state index contributed by atoms with van der Waals surface area (Å²) >= 11 is 5.78. The van der Waals surface area contributed by atoms with Crippen LogP contribution in [0, 0.1) is 12.7 Å². The minimum Gasteiger partial charge on any atom is -0.348 e. The molecule has 1 aromatic heterocycles. The van der Waals surface area contributed by atoms with Crippen molar-refractivity contribution in [1.29, 1.82) is 0 Å². The monoisotopic (exact) mass is 406 g/mol. The van der Waals surface area contributed by atoms with E-state index in [1.54, 1.807) is 6.07 Å². The summed E-state index contributed by atoms with van der Waals surface area (Å²) < 4.78 is 15.9. The number of carbonyl (C=O) groups excluding carboxylic acids is 1. The van der Waals surface area contributed by atoms with E-state index >= 15 is 0 Å². The van der Waals surface area contributed by atoms with Gasteiger partial charge in [0.25, 0.3) is 5.91 Å². The summed E-state index contributed by atoms with van der Waals surface area (Å²) in [6, 6.07) is 22.3. The number of hydrogen-bond donors (Lipinski definition) is 1. The van der Waals surface area contributed by atoms with Gasteiger partial charge in [0.2, 0.25) is 0 Å². The Morgan fingerprint density at radius 2 is 1.79 bits per heavy atom. The highest BCUT2D eigenvalue weighted by Gasteiger charge is 2.11. The minimum absolute atomic E-state index is 0.110. The van der Waals surface area contributed by atoms with Gasteiger partial charge in [0.1, 0.15) is 5.82 Å². The number of aryl methyl sites for hydroxylation is 1. The molecule has 1 heterocycles. The fourth-order valence-electron chi connectivity index (χ4n) is 3.46.